The van der Waals surface area contributed by atoms with Gasteiger partial charge in [-0.05, 0) is 26.3 Å². The Kier molecular flexibility index (Phi) is 8.01. The molecule has 4 nitrogen and oxygen atoms in total. The van der Waals surface area contributed by atoms with Crippen molar-refractivity contribution in [2.45, 2.75) is 58.0 Å². The van der Waals surface area contributed by atoms with Crippen molar-refractivity contribution in [3.8, 4) is 0 Å². The molecule has 2 rings (SSSR count). The van der Waals surface area contributed by atoms with Crippen molar-refractivity contribution in [2.24, 2.45) is 0 Å². The first-order valence-corrected chi connectivity index (χ1v) is 9.07. The van der Waals surface area contributed by atoms with Gasteiger partial charge < -0.3 is 15.0 Å². The van der Waals surface area contributed by atoms with Crippen LogP contribution in [0.5, 0.6) is 0 Å². The monoisotopic (exact) mass is 297 g/mol. The molecule has 1 N–H and O–H groups in total. The molecule has 0 bridgehead atoms. The number of likely N-dealkylation sites (tertiary alicyclic amines) is 1. The highest BCUT2D eigenvalue weighted by Gasteiger charge is 2.28. The molecule has 2 aliphatic heterocycles. The van der Waals surface area contributed by atoms with Gasteiger partial charge in [-0.3, -0.25) is 4.90 Å². The van der Waals surface area contributed by atoms with Gasteiger partial charge >= 0.3 is 0 Å². The number of hydrogen-bond donors (Lipinski definition) is 1. The molecule has 2 atom stereocenters. The predicted octanol–water partition coefficient (Wildman–Crippen LogP) is 1.95. The second-order valence-corrected chi connectivity index (χ2v) is 6.74. The standard InChI is InChI=1S/C17H35N3O/c1-3-4-5-6-16(2)18-8-10-19-9-7-17(15-19)20-11-13-21-14-12-20/h16-18H,3-15H2,1-2H3. The third-order valence-corrected chi connectivity index (χ3v) is 4.97. The maximum atomic E-state index is 5.45. The molecule has 0 aromatic rings. The zero-order valence-corrected chi connectivity index (χ0v) is 14.1. The number of hydrogen-bond acceptors (Lipinski definition) is 4. The summed E-state index contributed by atoms with van der Waals surface area (Å²) in [5, 5.41) is 3.69. The molecule has 21 heavy (non-hydrogen) atoms. The summed E-state index contributed by atoms with van der Waals surface area (Å²) in [5.41, 5.74) is 0. The molecule has 124 valence electrons. The van der Waals surface area contributed by atoms with Crippen LogP contribution in [0, 0.1) is 0 Å². The Morgan fingerprint density at radius 1 is 1.19 bits per heavy atom. The van der Waals surface area contributed by atoms with Crippen LogP contribution in [0.15, 0.2) is 0 Å². The Morgan fingerprint density at radius 2 is 2.00 bits per heavy atom. The topological polar surface area (TPSA) is 27.7 Å². The van der Waals surface area contributed by atoms with E-state index in [1.807, 2.05) is 0 Å². The van der Waals surface area contributed by atoms with Crippen molar-refractivity contribution in [2.75, 3.05) is 52.5 Å². The SMILES string of the molecule is CCCCCC(C)NCCN1CCC(N2CCOCC2)C1. The van der Waals surface area contributed by atoms with Crippen LogP contribution >= 0.6 is 0 Å². The van der Waals surface area contributed by atoms with Gasteiger partial charge in [0.15, 0.2) is 0 Å². The van der Waals surface area contributed by atoms with Gasteiger partial charge in [0.2, 0.25) is 0 Å². The molecular formula is C17H35N3O. The van der Waals surface area contributed by atoms with Crippen LogP contribution < -0.4 is 5.32 Å². The number of nitrogens with one attached hydrogen (secondary N) is 1. The highest BCUT2D eigenvalue weighted by molar-refractivity contribution is 4.84. The van der Waals surface area contributed by atoms with E-state index < -0.39 is 0 Å². The van der Waals surface area contributed by atoms with Gasteiger partial charge in [0, 0.05) is 44.8 Å². The van der Waals surface area contributed by atoms with Gasteiger partial charge in [-0.2, -0.15) is 0 Å². The lowest BCUT2D eigenvalue weighted by Gasteiger charge is -2.32. The zero-order valence-electron chi connectivity index (χ0n) is 14.1. The fourth-order valence-corrected chi connectivity index (χ4v) is 3.53. The molecule has 2 fully saturated rings. The van der Waals surface area contributed by atoms with Gasteiger partial charge in [-0.25, -0.2) is 0 Å². The number of morpholine rings is 1. The van der Waals surface area contributed by atoms with Crippen LogP contribution in [0.25, 0.3) is 0 Å². The average Bonchev–Trinajstić information content (AvgIpc) is 2.97. The van der Waals surface area contributed by atoms with Gasteiger partial charge in [0.1, 0.15) is 0 Å². The normalized spacial score (nSPS) is 26.3. The maximum Gasteiger partial charge on any atom is 0.0594 e. The summed E-state index contributed by atoms with van der Waals surface area (Å²) in [7, 11) is 0. The Bertz CT molecular complexity index is 269. The number of nitrogens with zero attached hydrogens (tertiary/aromatic N) is 2. The van der Waals surface area contributed by atoms with Crippen LogP contribution in [-0.2, 0) is 4.74 Å². The predicted molar refractivity (Wildman–Crippen MR) is 88.8 cm³/mol. The average molecular weight is 297 g/mol. The first kappa shape index (κ1) is 17.2. The lowest BCUT2D eigenvalue weighted by atomic mass is 10.1. The molecule has 0 aromatic heterocycles. The van der Waals surface area contributed by atoms with Gasteiger partial charge in [-0.15, -0.1) is 0 Å². The third kappa shape index (κ3) is 6.23. The molecule has 2 heterocycles. The summed E-state index contributed by atoms with van der Waals surface area (Å²) in [6, 6.07) is 1.45. The van der Waals surface area contributed by atoms with E-state index in [1.54, 1.807) is 0 Å². The molecule has 0 spiro atoms. The summed E-state index contributed by atoms with van der Waals surface area (Å²) >= 11 is 0. The summed E-state index contributed by atoms with van der Waals surface area (Å²) < 4.78 is 5.45. The fourth-order valence-electron chi connectivity index (χ4n) is 3.53. The van der Waals surface area contributed by atoms with Crippen molar-refractivity contribution in [1.82, 2.24) is 15.1 Å². The minimum absolute atomic E-state index is 0.675. The van der Waals surface area contributed by atoms with Crippen molar-refractivity contribution in [3.63, 3.8) is 0 Å². The molecule has 2 aliphatic rings. The van der Waals surface area contributed by atoms with E-state index in [-0.39, 0.29) is 0 Å². The van der Waals surface area contributed by atoms with E-state index in [2.05, 4.69) is 29.0 Å². The Hall–Kier alpha value is -0.160. The van der Waals surface area contributed by atoms with Crippen LogP contribution in [0.4, 0.5) is 0 Å². The largest absolute Gasteiger partial charge is 0.379 e. The van der Waals surface area contributed by atoms with Crippen molar-refractivity contribution < 1.29 is 4.74 Å². The molecule has 0 radical (unpaired) electrons. The van der Waals surface area contributed by atoms with Crippen LogP contribution in [0.3, 0.4) is 0 Å². The minimum atomic E-state index is 0.675. The fraction of sp³-hybridized carbons (Fsp3) is 1.00. The maximum absolute atomic E-state index is 5.45. The summed E-state index contributed by atoms with van der Waals surface area (Å²) in [4.78, 5) is 5.26. The van der Waals surface area contributed by atoms with Crippen molar-refractivity contribution in [1.29, 1.82) is 0 Å². The first-order chi connectivity index (χ1) is 10.3. The van der Waals surface area contributed by atoms with E-state index in [4.69, 9.17) is 4.74 Å². The van der Waals surface area contributed by atoms with E-state index in [1.165, 1.54) is 51.7 Å². The molecule has 2 saturated heterocycles. The second-order valence-electron chi connectivity index (χ2n) is 6.74. The van der Waals surface area contributed by atoms with E-state index >= 15 is 0 Å². The molecule has 4 heteroatoms. The number of unbranched alkanes of at least 4 members (excludes halogenated alkanes) is 2. The van der Waals surface area contributed by atoms with Crippen molar-refractivity contribution in [3.05, 3.63) is 0 Å². The van der Waals surface area contributed by atoms with Crippen LogP contribution in [0.2, 0.25) is 0 Å². The van der Waals surface area contributed by atoms with E-state index in [0.29, 0.717) is 6.04 Å². The molecule has 0 saturated carbocycles. The molecule has 0 aliphatic carbocycles. The van der Waals surface area contributed by atoms with Crippen molar-refractivity contribution >= 4 is 0 Å². The molecule has 2 unspecified atom stereocenters. The first-order valence-electron chi connectivity index (χ1n) is 9.07. The van der Waals surface area contributed by atoms with Gasteiger partial charge in [0.05, 0.1) is 13.2 Å². The summed E-state index contributed by atoms with van der Waals surface area (Å²) in [5.74, 6) is 0. The summed E-state index contributed by atoms with van der Waals surface area (Å²) in [6.45, 7) is 13.6. The number of ether oxygens (including phenoxy) is 1. The third-order valence-electron chi connectivity index (χ3n) is 4.97. The lowest BCUT2D eigenvalue weighted by molar-refractivity contribution is 0.0185. The van der Waals surface area contributed by atoms with E-state index in [0.717, 1.165) is 38.9 Å². The minimum Gasteiger partial charge on any atom is -0.379 e. The lowest BCUT2D eigenvalue weighted by Crippen LogP contribution is -2.45. The second kappa shape index (κ2) is 9.78. The highest BCUT2D eigenvalue weighted by atomic mass is 16.5. The molecular weight excluding hydrogens is 262 g/mol. The quantitative estimate of drug-likeness (QED) is 0.658. The van der Waals surface area contributed by atoms with E-state index in [9.17, 15) is 0 Å². The summed E-state index contributed by atoms with van der Waals surface area (Å²) in [6.07, 6.45) is 6.73. The molecule has 0 aromatic carbocycles. The number of rotatable bonds is 9. The van der Waals surface area contributed by atoms with Crippen LogP contribution in [-0.4, -0.2) is 74.4 Å². The zero-order chi connectivity index (χ0) is 14.9. The smallest absolute Gasteiger partial charge is 0.0594 e. The molecule has 0 amide bonds. The van der Waals surface area contributed by atoms with Gasteiger partial charge in [-0.1, -0.05) is 26.2 Å². The highest BCUT2D eigenvalue weighted by Crippen LogP contribution is 2.16. The Balaban J connectivity index is 1.53. The Labute approximate surface area is 131 Å². The Morgan fingerprint density at radius 3 is 2.76 bits per heavy atom. The van der Waals surface area contributed by atoms with Crippen LogP contribution in [0.1, 0.15) is 46.0 Å². The van der Waals surface area contributed by atoms with Gasteiger partial charge in [0.25, 0.3) is 0 Å².